The van der Waals surface area contributed by atoms with Crippen LogP contribution < -0.4 is 15.8 Å². The van der Waals surface area contributed by atoms with E-state index in [-0.39, 0.29) is 17.7 Å². The van der Waals surface area contributed by atoms with E-state index in [0.29, 0.717) is 0 Å². The number of para-hydroxylation sites is 3. The predicted octanol–water partition coefficient (Wildman–Crippen LogP) is 10.7. The van der Waals surface area contributed by atoms with E-state index in [1.54, 1.807) is 0 Å². The lowest BCUT2D eigenvalue weighted by Crippen LogP contribution is -2.56. The van der Waals surface area contributed by atoms with Crippen molar-refractivity contribution in [3.8, 4) is 11.1 Å². The number of benzene rings is 6. The van der Waals surface area contributed by atoms with Crippen molar-refractivity contribution in [1.82, 2.24) is 4.48 Å². The Balaban J connectivity index is 1.43. The number of anilines is 3. The summed E-state index contributed by atoms with van der Waals surface area (Å²) in [5, 5.41) is 4.97. The second-order valence-electron chi connectivity index (χ2n) is 15.8. The van der Waals surface area contributed by atoms with Crippen LogP contribution in [0.1, 0.15) is 52.7 Å². The number of hydrogen-bond acceptors (Lipinski definition) is 2. The lowest BCUT2D eigenvalue weighted by Gasteiger charge is -2.41. The summed E-state index contributed by atoms with van der Waals surface area (Å²) in [6.07, 6.45) is 0. The number of nitrogens with zero attached hydrogens (tertiary/aromatic N) is 2. The van der Waals surface area contributed by atoms with Crippen LogP contribution in [-0.4, -0.2) is 11.3 Å². The first kappa shape index (κ1) is 27.9. The second-order valence-corrected chi connectivity index (χ2v) is 15.8. The van der Waals surface area contributed by atoms with E-state index in [4.69, 9.17) is 4.42 Å². The van der Waals surface area contributed by atoms with Crippen LogP contribution >= 0.6 is 0 Å². The Morgan fingerprint density at radius 2 is 1.29 bits per heavy atom. The first-order chi connectivity index (χ1) is 23.1. The smallest absolute Gasteiger partial charge is 0.333 e. The zero-order valence-electron chi connectivity index (χ0n) is 28.3. The Bertz CT molecular complexity index is 2660. The van der Waals surface area contributed by atoms with Gasteiger partial charge in [0.15, 0.2) is 0 Å². The Morgan fingerprint density at radius 1 is 0.583 bits per heavy atom. The van der Waals surface area contributed by atoms with Crippen molar-refractivity contribution in [2.24, 2.45) is 0 Å². The molecule has 0 saturated carbocycles. The standard InChI is InChI=1S/C44H37BN2O/c1-43(2,3)26-13-11-14-28(23-26)46-35-24-27(44(4,5)6)21-22-33(35)45-41-36(46)25-38-39(31-16-8-10-20-37(31)48-38)40(41)32-18-12-17-30-29-15-7-9-19-34(29)47(45)42(30)32/h7-25H,1-6H3. The molecule has 0 bridgehead atoms. The molecule has 0 saturated heterocycles. The molecule has 10 rings (SSSR count). The van der Waals surface area contributed by atoms with Gasteiger partial charge in [-0.15, -0.1) is 0 Å². The summed E-state index contributed by atoms with van der Waals surface area (Å²) in [5.41, 5.74) is 15.9. The third-order valence-electron chi connectivity index (χ3n) is 10.9. The maximum absolute atomic E-state index is 6.76. The maximum atomic E-state index is 6.76. The van der Waals surface area contributed by atoms with E-state index in [9.17, 15) is 0 Å². The molecule has 4 heteroatoms. The molecule has 0 radical (unpaired) electrons. The molecule has 6 aromatic carbocycles. The largest absolute Gasteiger partial charge is 0.456 e. The molecular weight excluding hydrogens is 583 g/mol. The Labute approximate surface area is 281 Å². The third kappa shape index (κ3) is 3.61. The highest BCUT2D eigenvalue weighted by Gasteiger charge is 2.44. The van der Waals surface area contributed by atoms with Crippen molar-refractivity contribution >= 4 is 78.6 Å². The lowest BCUT2D eigenvalue weighted by molar-refractivity contribution is 0.590. The SMILES string of the molecule is CC(C)(C)c1cccc(N2c3cc(C(C)(C)C)ccc3B3c4c2cc2oc5ccccc5c2c4-c2cccc4c5ccccc5n3c24)c1. The fourth-order valence-corrected chi connectivity index (χ4v) is 8.53. The minimum Gasteiger partial charge on any atom is -0.456 e. The fraction of sp³-hybridized carbons (Fsp3) is 0.182. The van der Waals surface area contributed by atoms with E-state index in [1.807, 2.05) is 0 Å². The van der Waals surface area contributed by atoms with Gasteiger partial charge in [0.05, 0.1) is 0 Å². The predicted molar refractivity (Wildman–Crippen MR) is 205 cm³/mol. The topological polar surface area (TPSA) is 21.3 Å². The van der Waals surface area contributed by atoms with Crippen molar-refractivity contribution in [2.75, 3.05) is 4.90 Å². The first-order valence-electron chi connectivity index (χ1n) is 17.1. The van der Waals surface area contributed by atoms with Crippen LogP contribution in [0.15, 0.2) is 120 Å². The van der Waals surface area contributed by atoms with Crippen LogP contribution in [0.2, 0.25) is 0 Å². The summed E-state index contributed by atoms with van der Waals surface area (Å²) in [4.78, 5) is 2.53. The summed E-state index contributed by atoms with van der Waals surface area (Å²) >= 11 is 0. The van der Waals surface area contributed by atoms with Crippen molar-refractivity contribution in [3.63, 3.8) is 0 Å². The van der Waals surface area contributed by atoms with Gasteiger partial charge in [-0.2, -0.15) is 0 Å². The Hall–Kier alpha value is -5.22. The molecule has 3 nitrogen and oxygen atoms in total. The number of fused-ring (bicyclic) bond motifs is 11. The molecule has 0 fully saturated rings. The average Bonchev–Trinajstić information content (AvgIpc) is 3.61. The van der Waals surface area contributed by atoms with Crippen LogP contribution in [-0.2, 0) is 10.8 Å². The average molecular weight is 621 g/mol. The van der Waals surface area contributed by atoms with Crippen molar-refractivity contribution in [1.29, 1.82) is 0 Å². The van der Waals surface area contributed by atoms with Gasteiger partial charge in [0.1, 0.15) is 11.2 Å². The summed E-state index contributed by atoms with van der Waals surface area (Å²) in [5.74, 6) is 0. The van der Waals surface area contributed by atoms with E-state index in [1.165, 1.54) is 82.8 Å². The molecule has 48 heavy (non-hydrogen) atoms. The lowest BCUT2D eigenvalue weighted by atomic mass is 9.44. The molecule has 0 amide bonds. The fourth-order valence-electron chi connectivity index (χ4n) is 8.53. The van der Waals surface area contributed by atoms with Crippen molar-refractivity contribution in [3.05, 3.63) is 126 Å². The molecule has 0 atom stereocenters. The number of aromatic nitrogens is 1. The third-order valence-corrected chi connectivity index (χ3v) is 10.9. The Kier molecular flexibility index (Phi) is 5.36. The van der Waals surface area contributed by atoms with E-state index in [2.05, 4.69) is 166 Å². The van der Waals surface area contributed by atoms with Gasteiger partial charge >= 0.3 is 6.85 Å². The van der Waals surface area contributed by atoms with Crippen LogP contribution in [0, 0.1) is 0 Å². The first-order valence-corrected chi connectivity index (χ1v) is 17.1. The van der Waals surface area contributed by atoms with Gasteiger partial charge in [-0.05, 0) is 68.8 Å². The summed E-state index contributed by atoms with van der Waals surface area (Å²) in [7, 11) is 0. The molecular formula is C44H37BN2O. The monoisotopic (exact) mass is 620 g/mol. The number of hydrogen-bond donors (Lipinski definition) is 0. The van der Waals surface area contributed by atoms with Gasteiger partial charge in [-0.3, -0.25) is 0 Å². The van der Waals surface area contributed by atoms with Crippen molar-refractivity contribution < 1.29 is 4.42 Å². The highest BCUT2D eigenvalue weighted by molar-refractivity contribution is 6.90. The normalized spacial score (nSPS) is 14.0. The second kappa shape index (κ2) is 9.23. The molecule has 4 heterocycles. The zero-order chi connectivity index (χ0) is 32.7. The van der Waals surface area contributed by atoms with E-state index < -0.39 is 0 Å². The minimum absolute atomic E-state index is 0.00331. The van der Waals surface area contributed by atoms with E-state index in [0.717, 1.165) is 11.2 Å². The molecule has 0 unspecified atom stereocenters. The molecule has 232 valence electrons. The van der Waals surface area contributed by atoms with Crippen LogP contribution in [0.5, 0.6) is 0 Å². The summed E-state index contributed by atoms with van der Waals surface area (Å²) < 4.78 is 9.40. The van der Waals surface area contributed by atoms with Gasteiger partial charge in [-0.25, -0.2) is 0 Å². The molecule has 0 N–H and O–H groups in total. The summed E-state index contributed by atoms with van der Waals surface area (Å²) in [6, 6.07) is 43.1. The van der Waals surface area contributed by atoms with Gasteiger partial charge in [0.2, 0.25) is 0 Å². The molecule has 2 aliphatic heterocycles. The number of rotatable bonds is 1. The van der Waals surface area contributed by atoms with Crippen LogP contribution in [0.3, 0.4) is 0 Å². The molecule has 0 aliphatic carbocycles. The summed E-state index contributed by atoms with van der Waals surface area (Å²) in [6.45, 7) is 13.8. The Morgan fingerprint density at radius 3 is 2.10 bits per heavy atom. The highest BCUT2D eigenvalue weighted by Crippen LogP contribution is 2.50. The molecule has 2 aromatic heterocycles. The van der Waals surface area contributed by atoms with Gasteiger partial charge in [-0.1, -0.05) is 120 Å². The number of furan rings is 1. The molecule has 2 aliphatic rings. The molecule has 8 aromatic rings. The van der Waals surface area contributed by atoms with Gasteiger partial charge < -0.3 is 13.8 Å². The zero-order valence-corrected chi connectivity index (χ0v) is 28.3. The van der Waals surface area contributed by atoms with Gasteiger partial charge in [0.25, 0.3) is 0 Å². The molecule has 0 spiro atoms. The van der Waals surface area contributed by atoms with Gasteiger partial charge in [0, 0.05) is 61.3 Å². The van der Waals surface area contributed by atoms with E-state index >= 15 is 0 Å². The van der Waals surface area contributed by atoms with Crippen molar-refractivity contribution in [2.45, 2.75) is 52.4 Å². The maximum Gasteiger partial charge on any atom is 0.333 e. The quantitative estimate of drug-likeness (QED) is 0.170. The minimum atomic E-state index is -0.00529. The highest BCUT2D eigenvalue weighted by atomic mass is 16.3. The van der Waals surface area contributed by atoms with Crippen LogP contribution in [0.25, 0.3) is 54.9 Å². The van der Waals surface area contributed by atoms with Crippen LogP contribution in [0.4, 0.5) is 17.1 Å².